The second-order valence-corrected chi connectivity index (χ2v) is 6.52. The lowest BCUT2D eigenvalue weighted by atomic mass is 10.2. The molecule has 3 rings (SSSR count). The first-order valence-corrected chi connectivity index (χ1v) is 8.72. The summed E-state index contributed by atoms with van der Waals surface area (Å²) in [4.78, 5) is 25.4. The molecule has 2 aromatic rings. The molecule has 0 fully saturated rings. The summed E-state index contributed by atoms with van der Waals surface area (Å²) in [7, 11) is 0. The number of hydrogen-bond acceptors (Lipinski definition) is 3. The van der Waals surface area contributed by atoms with Crippen LogP contribution in [-0.2, 0) is 4.79 Å². The lowest BCUT2D eigenvalue weighted by molar-refractivity contribution is -0.128. The van der Waals surface area contributed by atoms with E-state index in [1.165, 1.54) is 0 Å². The summed E-state index contributed by atoms with van der Waals surface area (Å²) in [6, 6.07) is 11.7. The molecular formula is C20H24N4O2. The van der Waals surface area contributed by atoms with Gasteiger partial charge < -0.3 is 14.9 Å². The van der Waals surface area contributed by atoms with Gasteiger partial charge in [0.05, 0.1) is 0 Å². The highest BCUT2D eigenvalue weighted by molar-refractivity contribution is 5.94. The SMILES string of the molecule is CC(=O)N1CC=C(NNC(=O)c2ccc(-n3c(C)ccc3C)cc2)CC1. The van der Waals surface area contributed by atoms with Crippen molar-refractivity contribution in [3.63, 3.8) is 0 Å². The summed E-state index contributed by atoms with van der Waals surface area (Å²) >= 11 is 0. The number of hydrazine groups is 1. The van der Waals surface area contributed by atoms with Gasteiger partial charge in [0.2, 0.25) is 5.91 Å². The van der Waals surface area contributed by atoms with E-state index in [1.54, 1.807) is 11.8 Å². The van der Waals surface area contributed by atoms with Gasteiger partial charge in [0.25, 0.3) is 5.91 Å². The third kappa shape index (κ3) is 3.79. The predicted molar refractivity (Wildman–Crippen MR) is 101 cm³/mol. The van der Waals surface area contributed by atoms with Crippen LogP contribution in [0.2, 0.25) is 0 Å². The second-order valence-electron chi connectivity index (χ2n) is 6.52. The van der Waals surface area contributed by atoms with E-state index in [1.807, 2.05) is 30.3 Å². The van der Waals surface area contributed by atoms with Crippen LogP contribution >= 0.6 is 0 Å². The Morgan fingerprint density at radius 2 is 1.65 bits per heavy atom. The van der Waals surface area contributed by atoms with Gasteiger partial charge in [-0.25, -0.2) is 0 Å². The monoisotopic (exact) mass is 352 g/mol. The first-order chi connectivity index (χ1) is 12.5. The summed E-state index contributed by atoms with van der Waals surface area (Å²) < 4.78 is 2.15. The molecule has 2 N–H and O–H groups in total. The highest BCUT2D eigenvalue weighted by atomic mass is 16.2. The standard InChI is InChI=1S/C20H24N4O2/c1-14-4-5-15(2)24(14)19-8-6-17(7-9-19)20(26)22-21-18-10-12-23(13-11-18)16(3)25/h4-10,21H,11-13H2,1-3H3,(H,22,26). The first kappa shape index (κ1) is 17.8. The summed E-state index contributed by atoms with van der Waals surface area (Å²) in [5.74, 6) is -0.120. The summed E-state index contributed by atoms with van der Waals surface area (Å²) in [6.07, 6.45) is 2.62. The van der Waals surface area contributed by atoms with Gasteiger partial charge in [-0.2, -0.15) is 0 Å². The van der Waals surface area contributed by atoms with Gasteiger partial charge in [-0.05, 0) is 56.3 Å². The molecule has 0 unspecified atom stereocenters. The zero-order chi connectivity index (χ0) is 18.7. The molecule has 1 aliphatic rings. The number of carbonyl (C=O) groups is 2. The maximum absolute atomic E-state index is 12.3. The average Bonchev–Trinajstić information content (AvgIpc) is 2.98. The number of hydrogen-bond donors (Lipinski definition) is 2. The zero-order valence-electron chi connectivity index (χ0n) is 15.4. The molecular weight excluding hydrogens is 328 g/mol. The molecule has 2 heterocycles. The zero-order valence-corrected chi connectivity index (χ0v) is 15.4. The van der Waals surface area contributed by atoms with E-state index in [-0.39, 0.29) is 11.8 Å². The van der Waals surface area contributed by atoms with Gasteiger partial charge in [-0.1, -0.05) is 0 Å². The first-order valence-electron chi connectivity index (χ1n) is 8.72. The van der Waals surface area contributed by atoms with E-state index in [0.29, 0.717) is 25.1 Å². The van der Waals surface area contributed by atoms with Crippen LogP contribution in [-0.4, -0.2) is 34.4 Å². The fourth-order valence-electron chi connectivity index (χ4n) is 3.12. The van der Waals surface area contributed by atoms with E-state index >= 15 is 0 Å². The molecule has 0 radical (unpaired) electrons. The minimum atomic E-state index is -0.188. The Morgan fingerprint density at radius 3 is 2.19 bits per heavy atom. The summed E-state index contributed by atoms with van der Waals surface area (Å²) in [5, 5.41) is 0. The Morgan fingerprint density at radius 1 is 1.00 bits per heavy atom. The molecule has 0 saturated carbocycles. The van der Waals surface area contributed by atoms with E-state index in [0.717, 1.165) is 22.8 Å². The number of aryl methyl sites for hydroxylation is 2. The highest BCUT2D eigenvalue weighted by Crippen LogP contribution is 2.17. The topological polar surface area (TPSA) is 66.4 Å². The van der Waals surface area contributed by atoms with Crippen LogP contribution in [0.1, 0.15) is 35.1 Å². The van der Waals surface area contributed by atoms with Crippen molar-refractivity contribution in [2.75, 3.05) is 13.1 Å². The highest BCUT2D eigenvalue weighted by Gasteiger charge is 2.14. The molecule has 2 amide bonds. The number of carbonyl (C=O) groups excluding carboxylic acids is 2. The van der Waals surface area contributed by atoms with E-state index in [4.69, 9.17) is 0 Å². The average molecular weight is 352 g/mol. The van der Waals surface area contributed by atoms with Gasteiger partial charge in [-0.15, -0.1) is 0 Å². The minimum Gasteiger partial charge on any atom is -0.339 e. The van der Waals surface area contributed by atoms with Crippen LogP contribution in [0.15, 0.2) is 48.2 Å². The van der Waals surface area contributed by atoms with Crippen LogP contribution in [0.4, 0.5) is 0 Å². The summed E-state index contributed by atoms with van der Waals surface area (Å²) in [6.45, 7) is 6.91. The normalized spacial score (nSPS) is 14.0. The fraction of sp³-hybridized carbons (Fsp3) is 0.300. The molecule has 136 valence electrons. The van der Waals surface area contributed by atoms with Crippen LogP contribution in [0.5, 0.6) is 0 Å². The van der Waals surface area contributed by atoms with Crippen molar-refractivity contribution >= 4 is 11.8 Å². The number of rotatable bonds is 4. The minimum absolute atomic E-state index is 0.0672. The summed E-state index contributed by atoms with van der Waals surface area (Å²) in [5.41, 5.74) is 10.5. The molecule has 0 bridgehead atoms. The quantitative estimate of drug-likeness (QED) is 0.831. The van der Waals surface area contributed by atoms with Crippen molar-refractivity contribution in [3.8, 4) is 5.69 Å². The second kappa shape index (κ2) is 7.47. The molecule has 0 spiro atoms. The van der Waals surface area contributed by atoms with Crippen LogP contribution in [0.3, 0.4) is 0 Å². The van der Waals surface area contributed by atoms with E-state index in [9.17, 15) is 9.59 Å². The molecule has 0 atom stereocenters. The Kier molecular flexibility index (Phi) is 5.11. The molecule has 6 nitrogen and oxygen atoms in total. The lowest BCUT2D eigenvalue weighted by Crippen LogP contribution is -2.41. The van der Waals surface area contributed by atoms with Gasteiger partial charge >= 0.3 is 0 Å². The van der Waals surface area contributed by atoms with Crippen molar-refractivity contribution in [2.45, 2.75) is 27.2 Å². The van der Waals surface area contributed by atoms with Gasteiger partial charge in [0.1, 0.15) is 0 Å². The van der Waals surface area contributed by atoms with Crippen molar-refractivity contribution in [2.24, 2.45) is 0 Å². The van der Waals surface area contributed by atoms with Crippen LogP contribution in [0.25, 0.3) is 5.69 Å². The lowest BCUT2D eigenvalue weighted by Gasteiger charge is -2.25. The maximum atomic E-state index is 12.3. The van der Waals surface area contributed by atoms with E-state index in [2.05, 4.69) is 41.4 Å². The number of aromatic nitrogens is 1. The fourth-order valence-corrected chi connectivity index (χ4v) is 3.12. The predicted octanol–water partition coefficient (Wildman–Crippen LogP) is 2.46. The Hall–Kier alpha value is -3.02. The van der Waals surface area contributed by atoms with Crippen molar-refractivity contribution in [1.82, 2.24) is 20.3 Å². The smallest absolute Gasteiger partial charge is 0.269 e. The van der Waals surface area contributed by atoms with Gasteiger partial charge in [0.15, 0.2) is 0 Å². The molecule has 26 heavy (non-hydrogen) atoms. The Labute approximate surface area is 153 Å². The Balaban J connectivity index is 1.60. The molecule has 0 saturated heterocycles. The number of benzene rings is 1. The Bertz CT molecular complexity index is 830. The molecule has 1 aliphatic heterocycles. The van der Waals surface area contributed by atoms with Crippen molar-refractivity contribution in [3.05, 3.63) is 65.1 Å². The number of amides is 2. The third-order valence-corrected chi connectivity index (χ3v) is 4.65. The number of nitrogens with zero attached hydrogens (tertiary/aromatic N) is 2. The van der Waals surface area contributed by atoms with Gasteiger partial charge in [-0.3, -0.25) is 15.0 Å². The van der Waals surface area contributed by atoms with Crippen LogP contribution < -0.4 is 10.9 Å². The van der Waals surface area contributed by atoms with E-state index < -0.39 is 0 Å². The molecule has 6 heteroatoms. The maximum Gasteiger partial charge on any atom is 0.269 e. The number of nitrogens with one attached hydrogen (secondary N) is 2. The van der Waals surface area contributed by atoms with Crippen LogP contribution in [0, 0.1) is 13.8 Å². The molecule has 1 aromatic heterocycles. The van der Waals surface area contributed by atoms with Crippen molar-refractivity contribution < 1.29 is 9.59 Å². The van der Waals surface area contributed by atoms with Crippen molar-refractivity contribution in [1.29, 1.82) is 0 Å². The molecule has 0 aliphatic carbocycles. The largest absolute Gasteiger partial charge is 0.339 e. The third-order valence-electron chi connectivity index (χ3n) is 4.65. The molecule has 1 aromatic carbocycles. The van der Waals surface area contributed by atoms with Gasteiger partial charge in [0, 0.05) is 54.8 Å².